The predicted molar refractivity (Wildman–Crippen MR) is 87.4 cm³/mol. The molecule has 0 fully saturated rings. The van der Waals surface area contributed by atoms with Crippen molar-refractivity contribution in [3.63, 3.8) is 0 Å². The maximum absolute atomic E-state index is 11.8. The fraction of sp³-hybridized carbons (Fsp3) is 0.625. The van der Waals surface area contributed by atoms with Crippen molar-refractivity contribution in [2.45, 2.75) is 65.6 Å². The van der Waals surface area contributed by atoms with E-state index in [9.17, 15) is 14.3 Å². The van der Waals surface area contributed by atoms with E-state index in [4.69, 9.17) is 13.8 Å². The predicted octanol–water partition coefficient (Wildman–Crippen LogP) is 3.80. The molecule has 2 rings (SSSR count). The van der Waals surface area contributed by atoms with Crippen LogP contribution in [0.3, 0.4) is 0 Å². The van der Waals surface area contributed by atoms with E-state index in [-0.39, 0.29) is 24.9 Å². The van der Waals surface area contributed by atoms with E-state index in [1.807, 2.05) is 0 Å². The first-order valence-electron chi connectivity index (χ1n) is 8.23. The van der Waals surface area contributed by atoms with Gasteiger partial charge in [-0.3, -0.25) is 19.2 Å². The number of carbonyl (C=O) groups is 1. The Morgan fingerprint density at radius 1 is 1.38 bits per heavy atom. The van der Waals surface area contributed by atoms with Gasteiger partial charge >= 0.3 is 13.8 Å². The van der Waals surface area contributed by atoms with Gasteiger partial charge in [0.25, 0.3) is 0 Å². The number of nitrogens with zero attached hydrogens (tertiary/aromatic N) is 1. The van der Waals surface area contributed by atoms with Crippen molar-refractivity contribution in [3.05, 3.63) is 23.0 Å². The molecule has 1 aliphatic rings. The van der Waals surface area contributed by atoms with E-state index >= 15 is 0 Å². The van der Waals surface area contributed by atoms with Crippen LogP contribution >= 0.6 is 7.82 Å². The number of unbranched alkanes of at least 4 members (excludes halogenated alkanes) is 4. The molecule has 1 aliphatic heterocycles. The molecule has 2 heterocycles. The third-order valence-corrected chi connectivity index (χ3v) is 4.72. The third-order valence-electron chi connectivity index (χ3n) is 3.86. The van der Waals surface area contributed by atoms with Gasteiger partial charge in [-0.05, 0) is 13.3 Å². The van der Waals surface area contributed by atoms with Crippen LogP contribution in [0.2, 0.25) is 0 Å². The molecule has 0 spiro atoms. The van der Waals surface area contributed by atoms with Crippen LogP contribution in [0.15, 0.2) is 6.20 Å². The molecular weight excluding hydrogens is 333 g/mol. The Morgan fingerprint density at radius 2 is 2.12 bits per heavy atom. The number of aryl methyl sites for hydroxylation is 1. The second kappa shape index (κ2) is 8.60. The quantitative estimate of drug-likeness (QED) is 0.429. The number of hydrogen-bond donors (Lipinski definition) is 1. The van der Waals surface area contributed by atoms with E-state index in [2.05, 4.69) is 11.9 Å². The highest BCUT2D eigenvalue weighted by Crippen LogP contribution is 2.51. The van der Waals surface area contributed by atoms with Gasteiger partial charge in [-0.15, -0.1) is 0 Å². The molecule has 1 N–H and O–H groups in total. The summed E-state index contributed by atoms with van der Waals surface area (Å²) in [5.41, 5.74) is 1.71. The SMILES string of the molecule is CCCCCCCC(=O)OCc1cnc(C)c2c1COP(=O)(O)O2. The van der Waals surface area contributed by atoms with Gasteiger partial charge in [-0.1, -0.05) is 32.6 Å². The molecule has 134 valence electrons. The Balaban J connectivity index is 1.90. The Hall–Kier alpha value is -1.43. The van der Waals surface area contributed by atoms with Crippen LogP contribution < -0.4 is 4.52 Å². The minimum Gasteiger partial charge on any atom is -0.461 e. The Labute approximate surface area is 142 Å². The highest BCUT2D eigenvalue weighted by atomic mass is 31.2. The van der Waals surface area contributed by atoms with Crippen LogP contribution in [0.25, 0.3) is 0 Å². The Morgan fingerprint density at radius 3 is 2.88 bits per heavy atom. The number of ether oxygens (including phenoxy) is 1. The van der Waals surface area contributed by atoms with Crippen molar-refractivity contribution < 1.29 is 28.0 Å². The molecule has 0 amide bonds. The van der Waals surface area contributed by atoms with E-state index in [1.165, 1.54) is 12.8 Å². The number of carbonyl (C=O) groups excluding carboxylic acids is 1. The van der Waals surface area contributed by atoms with E-state index in [0.717, 1.165) is 19.3 Å². The lowest BCUT2D eigenvalue weighted by atomic mass is 10.1. The molecule has 1 aromatic rings. The zero-order chi connectivity index (χ0) is 17.6. The molecule has 0 aliphatic carbocycles. The number of phosphoric ester groups is 1. The number of pyridine rings is 1. The molecule has 1 atom stereocenters. The molecule has 7 nitrogen and oxygen atoms in total. The maximum atomic E-state index is 11.8. The second-order valence-corrected chi connectivity index (χ2v) is 7.21. The normalized spacial score (nSPS) is 19.5. The lowest BCUT2D eigenvalue weighted by Crippen LogP contribution is -2.13. The molecule has 8 heteroatoms. The number of esters is 1. The number of rotatable bonds is 8. The maximum Gasteiger partial charge on any atom is 0.527 e. The zero-order valence-corrected chi connectivity index (χ0v) is 15.0. The van der Waals surface area contributed by atoms with E-state index in [0.29, 0.717) is 23.2 Å². The zero-order valence-electron chi connectivity index (χ0n) is 14.1. The summed E-state index contributed by atoms with van der Waals surface area (Å²) in [6, 6.07) is 0. The van der Waals surface area contributed by atoms with Crippen molar-refractivity contribution in [2.75, 3.05) is 0 Å². The number of hydrogen-bond acceptors (Lipinski definition) is 6. The van der Waals surface area contributed by atoms with Crippen molar-refractivity contribution in [3.8, 4) is 5.75 Å². The average Bonchev–Trinajstić information content (AvgIpc) is 2.54. The third kappa shape index (κ3) is 5.30. The van der Waals surface area contributed by atoms with Crippen molar-refractivity contribution in [2.24, 2.45) is 0 Å². The van der Waals surface area contributed by atoms with Crippen LogP contribution in [0.1, 0.15) is 62.3 Å². The van der Waals surface area contributed by atoms with E-state index < -0.39 is 7.82 Å². The van der Waals surface area contributed by atoms with Gasteiger partial charge < -0.3 is 9.26 Å². The summed E-state index contributed by atoms with van der Waals surface area (Å²) >= 11 is 0. The summed E-state index contributed by atoms with van der Waals surface area (Å²) in [7, 11) is -4.08. The fourth-order valence-electron chi connectivity index (χ4n) is 2.47. The molecule has 24 heavy (non-hydrogen) atoms. The highest BCUT2D eigenvalue weighted by molar-refractivity contribution is 7.47. The van der Waals surface area contributed by atoms with E-state index in [1.54, 1.807) is 13.1 Å². The number of phosphoric acid groups is 1. The Kier molecular flexibility index (Phi) is 6.78. The van der Waals surface area contributed by atoms with Crippen molar-refractivity contribution in [1.29, 1.82) is 0 Å². The van der Waals surface area contributed by atoms with Gasteiger partial charge in [0.05, 0.1) is 12.3 Å². The molecule has 0 aromatic carbocycles. The van der Waals surface area contributed by atoms with Gasteiger partial charge in [-0.25, -0.2) is 4.57 Å². The summed E-state index contributed by atoms with van der Waals surface area (Å²) in [5.74, 6) is -0.0218. The van der Waals surface area contributed by atoms with Gasteiger partial charge in [-0.2, -0.15) is 0 Å². The second-order valence-electron chi connectivity index (χ2n) is 5.83. The first-order chi connectivity index (χ1) is 11.4. The minimum absolute atomic E-state index is 0.0475. The van der Waals surface area contributed by atoms with Crippen LogP contribution in [0, 0.1) is 6.92 Å². The molecule has 0 saturated heterocycles. The summed E-state index contributed by atoms with van der Waals surface area (Å²) < 4.78 is 26.6. The van der Waals surface area contributed by atoms with Gasteiger partial charge in [0.1, 0.15) is 6.61 Å². The molecular formula is C16H24NO6P. The molecule has 1 unspecified atom stereocenters. The smallest absolute Gasteiger partial charge is 0.461 e. The number of fused-ring (bicyclic) bond motifs is 1. The summed E-state index contributed by atoms with van der Waals surface area (Å²) in [6.45, 7) is 3.80. The first-order valence-corrected chi connectivity index (χ1v) is 9.72. The number of aromatic nitrogens is 1. The van der Waals surface area contributed by atoms with Crippen LogP contribution in [0.4, 0.5) is 0 Å². The first kappa shape index (κ1) is 18.9. The molecule has 1 aromatic heterocycles. The van der Waals surface area contributed by atoms with Gasteiger partial charge in [0.15, 0.2) is 5.75 Å². The van der Waals surface area contributed by atoms with Gasteiger partial charge in [0, 0.05) is 23.7 Å². The average molecular weight is 357 g/mol. The monoisotopic (exact) mass is 357 g/mol. The van der Waals surface area contributed by atoms with Crippen LogP contribution in [-0.4, -0.2) is 15.8 Å². The summed E-state index contributed by atoms with van der Waals surface area (Å²) in [6.07, 6.45) is 7.30. The summed E-state index contributed by atoms with van der Waals surface area (Å²) in [4.78, 5) is 25.3. The van der Waals surface area contributed by atoms with Crippen LogP contribution in [0.5, 0.6) is 5.75 Å². The lowest BCUT2D eigenvalue weighted by Gasteiger charge is -2.24. The minimum atomic E-state index is -4.08. The molecule has 0 radical (unpaired) electrons. The lowest BCUT2D eigenvalue weighted by molar-refractivity contribution is -0.145. The standard InChI is InChI=1S/C16H24NO6P/c1-3-4-5-6-7-8-15(18)21-10-13-9-17-12(2)16-14(13)11-22-24(19,20)23-16/h9H,3-8,10-11H2,1-2H3,(H,19,20). The van der Waals surface area contributed by atoms with Gasteiger partial charge in [0.2, 0.25) is 0 Å². The largest absolute Gasteiger partial charge is 0.527 e. The highest BCUT2D eigenvalue weighted by Gasteiger charge is 2.33. The molecule has 0 bridgehead atoms. The Bertz CT molecular complexity index is 633. The summed E-state index contributed by atoms with van der Waals surface area (Å²) in [5, 5.41) is 0. The molecule has 0 saturated carbocycles. The van der Waals surface area contributed by atoms with Crippen molar-refractivity contribution >= 4 is 13.8 Å². The topological polar surface area (TPSA) is 95.0 Å². The fourth-order valence-corrected chi connectivity index (χ4v) is 3.29. The van der Waals surface area contributed by atoms with Crippen LogP contribution in [-0.2, 0) is 31.8 Å². The van der Waals surface area contributed by atoms with Crippen molar-refractivity contribution in [1.82, 2.24) is 4.98 Å².